The van der Waals surface area contributed by atoms with E-state index < -0.39 is 29.6 Å². The van der Waals surface area contributed by atoms with Crippen molar-refractivity contribution in [3.05, 3.63) is 0 Å². The van der Waals surface area contributed by atoms with Crippen molar-refractivity contribution in [1.29, 1.82) is 0 Å². The molecule has 1 N–H and O–H groups in total. The van der Waals surface area contributed by atoms with Gasteiger partial charge >= 0.3 is 11.9 Å². The number of methoxy groups -OCH3 is 1. The van der Waals surface area contributed by atoms with Gasteiger partial charge in [0.15, 0.2) is 5.79 Å². The van der Waals surface area contributed by atoms with Crippen molar-refractivity contribution in [1.82, 2.24) is 0 Å². The molecule has 0 aromatic heterocycles. The normalized spacial score (nSPS) is 31.8. The molecule has 0 amide bonds. The lowest BCUT2D eigenvalue weighted by Gasteiger charge is -2.20. The second-order valence-corrected chi connectivity index (χ2v) is 4.09. The van der Waals surface area contributed by atoms with E-state index in [4.69, 9.17) is 14.6 Å². The van der Waals surface area contributed by atoms with E-state index in [1.807, 2.05) is 0 Å². The first-order valence-corrected chi connectivity index (χ1v) is 5.16. The van der Waals surface area contributed by atoms with Crippen molar-refractivity contribution in [2.45, 2.75) is 18.6 Å². The molecule has 2 aliphatic rings. The number of carboxylic acid groups (broad SMARTS) is 1. The third-order valence-corrected chi connectivity index (χ3v) is 3.18. The van der Waals surface area contributed by atoms with Gasteiger partial charge < -0.3 is 19.3 Å². The molecule has 0 bridgehead atoms. The van der Waals surface area contributed by atoms with Gasteiger partial charge in [0.05, 0.1) is 32.2 Å². The Kier molecular flexibility index (Phi) is 2.86. The monoisotopic (exact) mass is 230 g/mol. The highest BCUT2D eigenvalue weighted by atomic mass is 16.7. The maximum atomic E-state index is 11.5. The summed E-state index contributed by atoms with van der Waals surface area (Å²) < 4.78 is 15.4. The van der Waals surface area contributed by atoms with Crippen LogP contribution in [0.3, 0.4) is 0 Å². The van der Waals surface area contributed by atoms with Gasteiger partial charge in [-0.25, -0.2) is 0 Å². The standard InChI is InChI=1S/C10H14O6/c1-14-9(13)7-5-10(15-2-3-16-10)4-6(7)8(11)12/h6-7H,2-5H2,1H3,(H,11,12)/t6-,7-/m1/s1. The lowest BCUT2D eigenvalue weighted by atomic mass is 9.97. The van der Waals surface area contributed by atoms with Crippen LogP contribution in [0.2, 0.25) is 0 Å². The molecular weight excluding hydrogens is 216 g/mol. The lowest BCUT2D eigenvalue weighted by molar-refractivity contribution is -0.162. The zero-order chi connectivity index (χ0) is 11.8. The lowest BCUT2D eigenvalue weighted by Crippen LogP contribution is -2.27. The quantitative estimate of drug-likeness (QED) is 0.673. The molecule has 2 atom stereocenters. The fourth-order valence-corrected chi connectivity index (χ4v) is 2.43. The summed E-state index contributed by atoms with van der Waals surface area (Å²) in [4.78, 5) is 22.5. The highest BCUT2D eigenvalue weighted by molar-refractivity contribution is 5.82. The number of hydrogen-bond acceptors (Lipinski definition) is 5. The highest BCUT2D eigenvalue weighted by Gasteiger charge is 2.54. The van der Waals surface area contributed by atoms with Gasteiger partial charge in [0.2, 0.25) is 0 Å². The molecule has 16 heavy (non-hydrogen) atoms. The minimum atomic E-state index is -1.01. The summed E-state index contributed by atoms with van der Waals surface area (Å²) in [5.74, 6) is -3.87. The summed E-state index contributed by atoms with van der Waals surface area (Å²) in [6.45, 7) is 0.889. The van der Waals surface area contributed by atoms with Crippen LogP contribution in [-0.2, 0) is 23.8 Å². The molecule has 1 spiro atoms. The van der Waals surface area contributed by atoms with E-state index in [1.165, 1.54) is 7.11 Å². The van der Waals surface area contributed by atoms with E-state index >= 15 is 0 Å². The molecule has 6 nitrogen and oxygen atoms in total. The van der Waals surface area contributed by atoms with Gasteiger partial charge in [-0.05, 0) is 0 Å². The van der Waals surface area contributed by atoms with Gasteiger partial charge in [-0.3, -0.25) is 9.59 Å². The van der Waals surface area contributed by atoms with E-state index in [0.29, 0.717) is 13.2 Å². The molecule has 1 aliphatic carbocycles. The molecule has 1 aliphatic heterocycles. The van der Waals surface area contributed by atoms with Crippen LogP contribution in [0.15, 0.2) is 0 Å². The molecule has 6 heteroatoms. The predicted molar refractivity (Wildman–Crippen MR) is 50.5 cm³/mol. The van der Waals surface area contributed by atoms with Crippen LogP contribution in [0.25, 0.3) is 0 Å². The third-order valence-electron chi connectivity index (χ3n) is 3.18. The first kappa shape index (κ1) is 11.3. The summed E-state index contributed by atoms with van der Waals surface area (Å²) in [7, 11) is 1.25. The van der Waals surface area contributed by atoms with E-state index in [-0.39, 0.29) is 12.8 Å². The van der Waals surface area contributed by atoms with Crippen molar-refractivity contribution < 1.29 is 28.9 Å². The average Bonchev–Trinajstić information content (AvgIpc) is 2.86. The molecule has 2 rings (SSSR count). The molecule has 90 valence electrons. The summed E-state index contributed by atoms with van der Waals surface area (Å²) in [6.07, 6.45) is 0.471. The zero-order valence-electron chi connectivity index (χ0n) is 8.97. The number of ether oxygens (including phenoxy) is 3. The molecule has 0 aromatic rings. The molecule has 0 aromatic carbocycles. The first-order valence-electron chi connectivity index (χ1n) is 5.16. The smallest absolute Gasteiger partial charge is 0.309 e. The largest absolute Gasteiger partial charge is 0.481 e. The van der Waals surface area contributed by atoms with Gasteiger partial charge in [0.25, 0.3) is 0 Å². The van der Waals surface area contributed by atoms with Crippen molar-refractivity contribution in [3.63, 3.8) is 0 Å². The minimum absolute atomic E-state index is 0.210. The van der Waals surface area contributed by atoms with Crippen molar-refractivity contribution in [2.24, 2.45) is 11.8 Å². The second kappa shape index (κ2) is 4.03. The number of carboxylic acids is 1. The van der Waals surface area contributed by atoms with Crippen LogP contribution in [0, 0.1) is 11.8 Å². The van der Waals surface area contributed by atoms with Crippen LogP contribution in [0.4, 0.5) is 0 Å². The number of carbonyl (C=O) groups is 2. The van der Waals surface area contributed by atoms with Gasteiger partial charge in [0.1, 0.15) is 0 Å². The van der Waals surface area contributed by atoms with Crippen LogP contribution in [0.1, 0.15) is 12.8 Å². The van der Waals surface area contributed by atoms with Crippen molar-refractivity contribution in [2.75, 3.05) is 20.3 Å². The molecule has 1 saturated carbocycles. The Morgan fingerprint density at radius 3 is 2.31 bits per heavy atom. The maximum absolute atomic E-state index is 11.5. The molecule has 0 unspecified atom stereocenters. The van der Waals surface area contributed by atoms with Gasteiger partial charge in [-0.15, -0.1) is 0 Å². The predicted octanol–water partition coefficient (Wildman–Crippen LogP) is 0.0133. The van der Waals surface area contributed by atoms with Gasteiger partial charge in [-0.2, -0.15) is 0 Å². The number of hydrogen-bond donors (Lipinski definition) is 1. The topological polar surface area (TPSA) is 82.1 Å². The number of carbonyl (C=O) groups excluding carboxylic acids is 1. The number of esters is 1. The molecule has 0 radical (unpaired) electrons. The Bertz CT molecular complexity index is 306. The van der Waals surface area contributed by atoms with E-state index in [9.17, 15) is 9.59 Å². The van der Waals surface area contributed by atoms with Crippen molar-refractivity contribution in [3.8, 4) is 0 Å². The van der Waals surface area contributed by atoms with E-state index in [0.717, 1.165) is 0 Å². The molecule has 2 fully saturated rings. The summed E-state index contributed by atoms with van der Waals surface area (Å²) in [5.41, 5.74) is 0. The van der Waals surface area contributed by atoms with E-state index in [1.54, 1.807) is 0 Å². The van der Waals surface area contributed by atoms with Crippen LogP contribution >= 0.6 is 0 Å². The first-order chi connectivity index (χ1) is 7.58. The van der Waals surface area contributed by atoms with E-state index in [2.05, 4.69) is 4.74 Å². The fraction of sp³-hybridized carbons (Fsp3) is 0.800. The minimum Gasteiger partial charge on any atom is -0.481 e. The Hall–Kier alpha value is -1.14. The molecule has 1 heterocycles. The summed E-state index contributed by atoms with van der Waals surface area (Å²) >= 11 is 0. The Morgan fingerprint density at radius 2 is 1.81 bits per heavy atom. The number of aliphatic carboxylic acids is 1. The zero-order valence-corrected chi connectivity index (χ0v) is 8.97. The SMILES string of the molecule is COC(=O)[C@@H]1CC2(C[C@H]1C(=O)O)OCCO2. The highest BCUT2D eigenvalue weighted by Crippen LogP contribution is 2.45. The van der Waals surface area contributed by atoms with Crippen LogP contribution < -0.4 is 0 Å². The van der Waals surface area contributed by atoms with Crippen LogP contribution in [-0.4, -0.2) is 43.2 Å². The average molecular weight is 230 g/mol. The fourth-order valence-electron chi connectivity index (χ4n) is 2.43. The summed E-state index contributed by atoms with van der Waals surface area (Å²) in [6, 6.07) is 0. The third kappa shape index (κ3) is 1.78. The van der Waals surface area contributed by atoms with Crippen molar-refractivity contribution >= 4 is 11.9 Å². The number of rotatable bonds is 2. The Labute approximate surface area is 92.5 Å². The Morgan fingerprint density at radius 1 is 1.25 bits per heavy atom. The second-order valence-electron chi connectivity index (χ2n) is 4.09. The Balaban J connectivity index is 2.17. The maximum Gasteiger partial charge on any atom is 0.309 e. The van der Waals surface area contributed by atoms with Gasteiger partial charge in [0, 0.05) is 12.8 Å². The van der Waals surface area contributed by atoms with Gasteiger partial charge in [-0.1, -0.05) is 0 Å². The molecule has 1 saturated heterocycles. The summed E-state index contributed by atoms with van der Waals surface area (Å²) in [5, 5.41) is 9.05. The molecular formula is C10H14O6. The van der Waals surface area contributed by atoms with Crippen LogP contribution in [0.5, 0.6) is 0 Å².